The molecular formula is C26H28N2O3S. The van der Waals surface area contributed by atoms with Crippen LogP contribution in [0.3, 0.4) is 0 Å². The topological polar surface area (TPSA) is 67.3 Å². The SMILES string of the molecule is Cc1ccc(S(=O)(=O)c2ccc(C(=O)N3CCC(Cc4ccccc4)CC3)cn2)cc1C. The molecule has 1 aromatic heterocycles. The normalized spacial score (nSPS) is 15.0. The number of amides is 1. The Hall–Kier alpha value is -2.99. The Bertz CT molecular complexity index is 1200. The molecule has 1 saturated heterocycles. The van der Waals surface area contributed by atoms with Gasteiger partial charge >= 0.3 is 0 Å². The van der Waals surface area contributed by atoms with Crippen molar-refractivity contribution >= 4 is 15.7 Å². The van der Waals surface area contributed by atoms with E-state index < -0.39 is 9.84 Å². The summed E-state index contributed by atoms with van der Waals surface area (Å²) in [6, 6.07) is 18.5. The Labute approximate surface area is 190 Å². The molecule has 4 rings (SSSR count). The van der Waals surface area contributed by atoms with Crippen molar-refractivity contribution in [1.29, 1.82) is 0 Å². The highest BCUT2D eigenvalue weighted by atomic mass is 32.2. The number of benzene rings is 2. The molecule has 1 amide bonds. The fraction of sp³-hybridized carbons (Fsp3) is 0.308. The number of nitrogens with zero attached hydrogens (tertiary/aromatic N) is 2. The zero-order valence-electron chi connectivity index (χ0n) is 18.5. The van der Waals surface area contributed by atoms with E-state index in [9.17, 15) is 13.2 Å². The van der Waals surface area contributed by atoms with Gasteiger partial charge in [-0.15, -0.1) is 0 Å². The van der Waals surface area contributed by atoms with Gasteiger partial charge in [-0.05, 0) is 80.0 Å². The summed E-state index contributed by atoms with van der Waals surface area (Å²) in [7, 11) is -3.72. The maximum atomic E-state index is 12.9. The van der Waals surface area contributed by atoms with Gasteiger partial charge in [0.1, 0.15) is 0 Å². The molecule has 1 aliphatic rings. The van der Waals surface area contributed by atoms with Gasteiger partial charge < -0.3 is 4.90 Å². The molecule has 0 N–H and O–H groups in total. The molecule has 5 nitrogen and oxygen atoms in total. The molecule has 0 aliphatic carbocycles. The summed E-state index contributed by atoms with van der Waals surface area (Å²) >= 11 is 0. The molecule has 0 spiro atoms. The molecule has 2 aromatic carbocycles. The van der Waals surface area contributed by atoms with Crippen LogP contribution in [0.2, 0.25) is 0 Å². The first-order chi connectivity index (χ1) is 15.3. The van der Waals surface area contributed by atoms with Crippen LogP contribution in [0.4, 0.5) is 0 Å². The van der Waals surface area contributed by atoms with Crippen LogP contribution < -0.4 is 0 Å². The van der Waals surface area contributed by atoms with Crippen LogP contribution in [0.5, 0.6) is 0 Å². The van der Waals surface area contributed by atoms with Gasteiger partial charge in [-0.25, -0.2) is 13.4 Å². The third kappa shape index (κ3) is 4.75. The number of sulfone groups is 1. The van der Waals surface area contributed by atoms with Crippen molar-refractivity contribution in [2.45, 2.75) is 43.0 Å². The predicted molar refractivity (Wildman–Crippen MR) is 124 cm³/mol. The lowest BCUT2D eigenvalue weighted by atomic mass is 9.90. The van der Waals surface area contributed by atoms with Crippen LogP contribution in [-0.2, 0) is 16.3 Å². The van der Waals surface area contributed by atoms with E-state index in [1.54, 1.807) is 24.3 Å². The van der Waals surface area contributed by atoms with E-state index in [4.69, 9.17) is 0 Å². The number of aryl methyl sites for hydroxylation is 2. The van der Waals surface area contributed by atoms with E-state index in [0.717, 1.165) is 30.4 Å². The summed E-state index contributed by atoms with van der Waals surface area (Å²) in [5.41, 5.74) is 3.70. The maximum absolute atomic E-state index is 12.9. The standard InChI is InChI=1S/C26H28N2O3S/c1-19-8-10-24(16-20(19)2)32(30,31)25-11-9-23(18-27-25)26(29)28-14-12-22(13-15-28)17-21-6-4-3-5-7-21/h3-11,16,18,22H,12-15,17H2,1-2H3. The van der Waals surface area contributed by atoms with Gasteiger partial charge in [-0.2, -0.15) is 0 Å². The zero-order chi connectivity index (χ0) is 22.7. The lowest BCUT2D eigenvalue weighted by molar-refractivity contribution is 0.0690. The minimum Gasteiger partial charge on any atom is -0.339 e. The first kappa shape index (κ1) is 22.2. The van der Waals surface area contributed by atoms with E-state index >= 15 is 0 Å². The molecule has 2 heterocycles. The van der Waals surface area contributed by atoms with Gasteiger partial charge in [0.25, 0.3) is 5.91 Å². The summed E-state index contributed by atoms with van der Waals surface area (Å²) in [4.78, 5) is 19.1. The molecular weight excluding hydrogens is 420 g/mol. The molecule has 1 fully saturated rings. The van der Waals surface area contributed by atoms with Crippen LogP contribution in [0.1, 0.15) is 39.9 Å². The molecule has 0 bridgehead atoms. The van der Waals surface area contributed by atoms with E-state index in [2.05, 4.69) is 29.2 Å². The molecule has 166 valence electrons. The number of carbonyl (C=O) groups excluding carboxylic acids is 1. The van der Waals surface area contributed by atoms with Crippen LogP contribution in [0, 0.1) is 19.8 Å². The monoisotopic (exact) mass is 448 g/mol. The van der Waals surface area contributed by atoms with Gasteiger partial charge in [-0.3, -0.25) is 4.79 Å². The molecule has 0 unspecified atom stereocenters. The second-order valence-corrected chi connectivity index (χ2v) is 10.5. The van der Waals surface area contributed by atoms with Crippen LogP contribution >= 0.6 is 0 Å². The van der Waals surface area contributed by atoms with Crippen molar-refractivity contribution in [3.05, 3.63) is 89.1 Å². The minimum atomic E-state index is -3.72. The number of aromatic nitrogens is 1. The number of carbonyl (C=O) groups is 1. The van der Waals surface area contributed by atoms with Crippen molar-refractivity contribution in [3.63, 3.8) is 0 Å². The van der Waals surface area contributed by atoms with E-state index in [0.29, 0.717) is 24.6 Å². The average Bonchev–Trinajstić information content (AvgIpc) is 2.81. The highest BCUT2D eigenvalue weighted by Gasteiger charge is 2.25. The van der Waals surface area contributed by atoms with E-state index in [-0.39, 0.29) is 15.8 Å². The van der Waals surface area contributed by atoms with Gasteiger partial charge in [0.2, 0.25) is 9.84 Å². The minimum absolute atomic E-state index is 0.0427. The third-order valence-electron chi connectivity index (χ3n) is 6.32. The molecule has 0 atom stereocenters. The van der Waals surface area contributed by atoms with E-state index in [1.807, 2.05) is 24.8 Å². The number of likely N-dealkylation sites (tertiary alicyclic amines) is 1. The van der Waals surface area contributed by atoms with E-state index in [1.165, 1.54) is 17.8 Å². The smallest absolute Gasteiger partial charge is 0.255 e. The lowest BCUT2D eigenvalue weighted by Gasteiger charge is -2.32. The third-order valence-corrected chi connectivity index (χ3v) is 7.98. The van der Waals surface area contributed by atoms with Gasteiger partial charge in [0, 0.05) is 19.3 Å². The number of hydrogen-bond donors (Lipinski definition) is 0. The predicted octanol–water partition coefficient (Wildman–Crippen LogP) is 4.63. The van der Waals surface area contributed by atoms with Crippen molar-refractivity contribution in [3.8, 4) is 0 Å². The summed E-state index contributed by atoms with van der Waals surface area (Å²) in [6.45, 7) is 5.24. The van der Waals surface area contributed by atoms with Crippen LogP contribution in [-0.4, -0.2) is 37.3 Å². The summed E-state index contributed by atoms with van der Waals surface area (Å²) in [5, 5.41) is -0.0427. The fourth-order valence-electron chi connectivity index (χ4n) is 4.14. The van der Waals surface area contributed by atoms with Crippen LogP contribution in [0.25, 0.3) is 0 Å². The number of hydrogen-bond acceptors (Lipinski definition) is 4. The maximum Gasteiger partial charge on any atom is 0.255 e. The van der Waals surface area contributed by atoms with Gasteiger partial charge in [0.15, 0.2) is 5.03 Å². The highest BCUT2D eigenvalue weighted by molar-refractivity contribution is 7.91. The second kappa shape index (κ2) is 9.25. The number of piperidine rings is 1. The molecule has 3 aromatic rings. The Morgan fingerprint density at radius 1 is 0.969 bits per heavy atom. The molecule has 0 radical (unpaired) electrons. The highest BCUT2D eigenvalue weighted by Crippen LogP contribution is 2.24. The summed E-state index contributed by atoms with van der Waals surface area (Å²) in [5.74, 6) is 0.482. The summed E-state index contributed by atoms with van der Waals surface area (Å²) in [6.07, 6.45) is 4.35. The molecule has 6 heteroatoms. The molecule has 32 heavy (non-hydrogen) atoms. The van der Waals surface area contributed by atoms with Crippen molar-refractivity contribution < 1.29 is 13.2 Å². The fourth-order valence-corrected chi connectivity index (χ4v) is 5.40. The Balaban J connectivity index is 1.41. The Morgan fingerprint density at radius 2 is 1.69 bits per heavy atom. The van der Waals surface area contributed by atoms with Gasteiger partial charge in [-0.1, -0.05) is 36.4 Å². The molecule has 0 saturated carbocycles. The first-order valence-electron chi connectivity index (χ1n) is 11.0. The largest absolute Gasteiger partial charge is 0.339 e. The van der Waals surface area contributed by atoms with Crippen LogP contribution in [0.15, 0.2) is 76.8 Å². The second-order valence-electron chi connectivity index (χ2n) is 8.56. The number of rotatable bonds is 5. The Kier molecular flexibility index (Phi) is 6.42. The van der Waals surface area contributed by atoms with Gasteiger partial charge in [0.05, 0.1) is 10.5 Å². The average molecular weight is 449 g/mol. The number of pyridine rings is 1. The van der Waals surface area contributed by atoms with Crippen molar-refractivity contribution in [1.82, 2.24) is 9.88 Å². The zero-order valence-corrected chi connectivity index (χ0v) is 19.3. The Morgan fingerprint density at radius 3 is 2.31 bits per heavy atom. The first-order valence-corrected chi connectivity index (χ1v) is 12.4. The quantitative estimate of drug-likeness (QED) is 0.571. The molecule has 1 aliphatic heterocycles. The van der Waals surface area contributed by atoms with Crippen molar-refractivity contribution in [2.24, 2.45) is 5.92 Å². The lowest BCUT2D eigenvalue weighted by Crippen LogP contribution is -2.39. The van der Waals surface area contributed by atoms with Crippen molar-refractivity contribution in [2.75, 3.05) is 13.1 Å². The summed E-state index contributed by atoms with van der Waals surface area (Å²) < 4.78 is 25.8.